The molecule has 3 aromatic rings. The number of hydrogen-bond acceptors (Lipinski definition) is 5. The second-order valence-electron chi connectivity index (χ2n) is 7.82. The van der Waals surface area contributed by atoms with Crippen LogP contribution in [0.5, 0.6) is 0 Å². The van der Waals surface area contributed by atoms with Gasteiger partial charge >= 0.3 is 5.97 Å². The number of benzene rings is 1. The van der Waals surface area contributed by atoms with E-state index in [2.05, 4.69) is 10.1 Å². The second kappa shape index (κ2) is 8.26. The van der Waals surface area contributed by atoms with Gasteiger partial charge in [-0.2, -0.15) is 5.10 Å². The molecule has 4 rings (SSSR count). The molecule has 0 N–H and O–H groups in total. The van der Waals surface area contributed by atoms with E-state index in [0.717, 1.165) is 28.7 Å². The molecule has 0 aliphatic heterocycles. The van der Waals surface area contributed by atoms with Crippen molar-refractivity contribution in [3.8, 4) is 0 Å². The first kappa shape index (κ1) is 20.1. The molecule has 7 heteroatoms. The minimum atomic E-state index is -0.169. The summed E-state index contributed by atoms with van der Waals surface area (Å²) < 4.78 is 6.96. The molecule has 1 amide bonds. The number of aromatic nitrogens is 3. The summed E-state index contributed by atoms with van der Waals surface area (Å²) in [5, 5.41) is 5.34. The average Bonchev–Trinajstić information content (AvgIpc) is 3.44. The summed E-state index contributed by atoms with van der Waals surface area (Å²) in [6.45, 7) is 5.05. The Morgan fingerprint density at radius 1 is 1.27 bits per heavy atom. The van der Waals surface area contributed by atoms with Crippen molar-refractivity contribution in [1.82, 2.24) is 19.7 Å². The van der Waals surface area contributed by atoms with Crippen molar-refractivity contribution in [1.29, 1.82) is 0 Å². The number of aryl methyl sites for hydroxylation is 2. The van der Waals surface area contributed by atoms with Gasteiger partial charge in [0.2, 0.25) is 0 Å². The molecule has 1 aliphatic rings. The van der Waals surface area contributed by atoms with Crippen molar-refractivity contribution < 1.29 is 14.3 Å². The second-order valence-corrected chi connectivity index (χ2v) is 7.82. The van der Waals surface area contributed by atoms with Gasteiger partial charge in [0.05, 0.1) is 35.8 Å². The first-order valence-electron chi connectivity index (χ1n) is 10.3. The normalized spacial score (nSPS) is 17.7. The van der Waals surface area contributed by atoms with E-state index in [9.17, 15) is 9.59 Å². The zero-order valence-electron chi connectivity index (χ0n) is 17.5. The summed E-state index contributed by atoms with van der Waals surface area (Å²) in [6, 6.07) is 11.4. The van der Waals surface area contributed by atoms with Crippen LogP contribution in [0.4, 0.5) is 0 Å². The van der Waals surface area contributed by atoms with Crippen molar-refractivity contribution >= 4 is 22.8 Å². The monoisotopic (exact) mass is 406 g/mol. The number of nitrogens with zero attached hydrogens (tertiary/aromatic N) is 4. The molecule has 30 heavy (non-hydrogen) atoms. The molecule has 156 valence electrons. The predicted molar refractivity (Wildman–Crippen MR) is 113 cm³/mol. The lowest BCUT2D eigenvalue weighted by Gasteiger charge is -2.23. The number of hydrogen-bond donors (Lipinski definition) is 0. The summed E-state index contributed by atoms with van der Waals surface area (Å²) in [5.74, 6) is -0.254. The molecule has 7 nitrogen and oxygen atoms in total. The van der Waals surface area contributed by atoms with Crippen LogP contribution in [0.25, 0.3) is 10.9 Å². The highest BCUT2D eigenvalue weighted by Crippen LogP contribution is 2.40. The minimum absolute atomic E-state index is 0.0774. The van der Waals surface area contributed by atoms with Crippen molar-refractivity contribution in [3.05, 3.63) is 59.5 Å². The Kier molecular flexibility index (Phi) is 5.53. The Balaban J connectivity index is 1.61. The molecule has 0 bridgehead atoms. The Hall–Kier alpha value is -3.22. The zero-order valence-corrected chi connectivity index (χ0v) is 17.5. The number of esters is 1. The lowest BCUT2D eigenvalue weighted by molar-refractivity contribution is -0.145. The molecule has 1 aromatic carbocycles. The maximum atomic E-state index is 13.6. The van der Waals surface area contributed by atoms with Crippen molar-refractivity contribution in [2.24, 2.45) is 18.9 Å². The van der Waals surface area contributed by atoms with E-state index in [1.54, 1.807) is 21.8 Å². The van der Waals surface area contributed by atoms with Gasteiger partial charge in [-0.15, -0.1) is 0 Å². The van der Waals surface area contributed by atoms with Crippen molar-refractivity contribution in [2.45, 2.75) is 26.8 Å². The third-order valence-electron chi connectivity index (χ3n) is 5.65. The highest BCUT2D eigenvalue weighted by Gasteiger charge is 2.45. The lowest BCUT2D eigenvalue weighted by atomic mass is 10.1. The molecule has 0 saturated heterocycles. The molecular formula is C23H26N4O3. The summed E-state index contributed by atoms with van der Waals surface area (Å²) >= 11 is 0. The van der Waals surface area contributed by atoms with Crippen LogP contribution in [0.2, 0.25) is 0 Å². The van der Waals surface area contributed by atoms with Crippen LogP contribution < -0.4 is 0 Å². The first-order valence-corrected chi connectivity index (χ1v) is 10.3. The lowest BCUT2D eigenvalue weighted by Crippen LogP contribution is -2.33. The van der Waals surface area contributed by atoms with Gasteiger partial charge in [0.1, 0.15) is 0 Å². The number of amides is 1. The molecular weight excluding hydrogens is 380 g/mol. The van der Waals surface area contributed by atoms with Crippen LogP contribution in [-0.4, -0.2) is 44.7 Å². The van der Waals surface area contributed by atoms with E-state index in [-0.39, 0.29) is 23.7 Å². The van der Waals surface area contributed by atoms with Gasteiger partial charge in [-0.05, 0) is 44.4 Å². The number of carbonyl (C=O) groups excluding carboxylic acids is 2. The van der Waals surface area contributed by atoms with E-state index in [0.29, 0.717) is 25.3 Å². The number of rotatable bonds is 7. The number of fused-ring (bicyclic) bond motifs is 1. The fourth-order valence-corrected chi connectivity index (χ4v) is 3.85. The Morgan fingerprint density at radius 2 is 2.07 bits per heavy atom. The van der Waals surface area contributed by atoms with Gasteiger partial charge < -0.3 is 9.64 Å². The van der Waals surface area contributed by atoms with Gasteiger partial charge in [0.25, 0.3) is 5.91 Å². The largest absolute Gasteiger partial charge is 0.466 e. The van der Waals surface area contributed by atoms with Gasteiger partial charge in [0.15, 0.2) is 0 Å². The summed E-state index contributed by atoms with van der Waals surface area (Å²) in [5.41, 5.74) is 3.26. The van der Waals surface area contributed by atoms with Gasteiger partial charge in [0, 0.05) is 30.9 Å². The molecule has 0 unspecified atom stereocenters. The molecule has 2 aromatic heterocycles. The number of pyridine rings is 1. The molecule has 1 saturated carbocycles. The predicted octanol–water partition coefficient (Wildman–Crippen LogP) is 3.12. The smallest absolute Gasteiger partial charge is 0.309 e. The van der Waals surface area contributed by atoms with E-state index in [4.69, 9.17) is 4.74 Å². The fraction of sp³-hybridized carbons (Fsp3) is 0.391. The topological polar surface area (TPSA) is 77.3 Å². The van der Waals surface area contributed by atoms with Crippen LogP contribution in [0.15, 0.2) is 42.6 Å². The number of ether oxygens (including phenoxy) is 1. The molecule has 2 heterocycles. The maximum Gasteiger partial charge on any atom is 0.309 e. The van der Waals surface area contributed by atoms with Crippen molar-refractivity contribution in [3.63, 3.8) is 0 Å². The Morgan fingerprint density at radius 3 is 2.80 bits per heavy atom. The third-order valence-corrected chi connectivity index (χ3v) is 5.65. The van der Waals surface area contributed by atoms with Crippen LogP contribution in [0.1, 0.15) is 35.1 Å². The van der Waals surface area contributed by atoms with Crippen LogP contribution in [0.3, 0.4) is 0 Å². The van der Waals surface area contributed by atoms with E-state index in [1.165, 1.54) is 0 Å². The highest BCUT2D eigenvalue weighted by molar-refractivity contribution is 6.06. The molecule has 1 fully saturated rings. The van der Waals surface area contributed by atoms with E-state index >= 15 is 0 Å². The fourth-order valence-electron chi connectivity index (χ4n) is 3.85. The van der Waals surface area contributed by atoms with Crippen LogP contribution in [-0.2, 0) is 23.1 Å². The highest BCUT2D eigenvalue weighted by atomic mass is 16.5. The molecule has 0 radical (unpaired) electrons. The van der Waals surface area contributed by atoms with Gasteiger partial charge in [-0.25, -0.2) is 0 Å². The summed E-state index contributed by atoms with van der Waals surface area (Å²) in [6.07, 6.45) is 2.41. The third kappa shape index (κ3) is 4.06. The van der Waals surface area contributed by atoms with Gasteiger partial charge in [-0.1, -0.05) is 18.2 Å². The minimum Gasteiger partial charge on any atom is -0.466 e. The Bertz CT molecular complexity index is 1070. The number of carbonyl (C=O) groups is 2. The SMILES string of the molecule is CCOC(=O)[C@@H]1C[C@H]1CN(Cc1cc(C)n(C)n1)C(=O)c1ccnc2ccccc12. The average molecular weight is 406 g/mol. The summed E-state index contributed by atoms with van der Waals surface area (Å²) in [7, 11) is 1.89. The van der Waals surface area contributed by atoms with Crippen molar-refractivity contribution in [2.75, 3.05) is 13.2 Å². The standard InChI is InChI=1S/C23H26N4O3/c1-4-30-23(29)20-12-16(20)13-27(14-17-11-15(2)26(3)25-17)22(28)19-9-10-24-21-8-6-5-7-18(19)21/h5-11,16,20H,4,12-14H2,1-3H3/t16-,20+/m0/s1. The number of para-hydroxylation sites is 1. The molecule has 0 spiro atoms. The summed E-state index contributed by atoms with van der Waals surface area (Å²) in [4.78, 5) is 31.8. The van der Waals surface area contributed by atoms with Crippen LogP contribution in [0, 0.1) is 18.8 Å². The zero-order chi connectivity index (χ0) is 21.3. The van der Waals surface area contributed by atoms with Crippen LogP contribution >= 0.6 is 0 Å². The quantitative estimate of drug-likeness (QED) is 0.564. The molecule has 2 atom stereocenters. The van der Waals surface area contributed by atoms with E-state index < -0.39 is 0 Å². The van der Waals surface area contributed by atoms with Gasteiger partial charge in [-0.3, -0.25) is 19.3 Å². The maximum absolute atomic E-state index is 13.6. The Labute approximate surface area is 175 Å². The first-order chi connectivity index (χ1) is 14.5. The van der Waals surface area contributed by atoms with E-state index in [1.807, 2.05) is 51.2 Å². The molecule has 1 aliphatic carbocycles.